The first-order valence-corrected chi connectivity index (χ1v) is 11.7. The number of benzene rings is 1. The smallest absolute Gasteiger partial charge is 0.307 e. The van der Waals surface area contributed by atoms with Crippen LogP contribution >= 0.6 is 11.3 Å². The van der Waals surface area contributed by atoms with E-state index < -0.39 is 11.8 Å². The number of fused-ring (bicyclic) bond motifs is 1. The average molecular weight is 440 g/mol. The Morgan fingerprint density at radius 3 is 2.77 bits per heavy atom. The maximum Gasteiger partial charge on any atom is 0.307 e. The number of likely N-dealkylation sites (tertiary alicyclic amines) is 1. The van der Waals surface area contributed by atoms with Crippen LogP contribution in [0.2, 0.25) is 0 Å². The molecule has 3 aromatic rings. The van der Waals surface area contributed by atoms with E-state index >= 15 is 0 Å². The number of carbonyl (C=O) groups excluding carboxylic acids is 1. The molecule has 0 radical (unpaired) electrons. The number of nitrogens with zero attached hydrogens (tertiary/aromatic N) is 4. The van der Waals surface area contributed by atoms with Crippen LogP contribution in [0.25, 0.3) is 21.3 Å². The minimum Gasteiger partial charge on any atom is -0.370 e. The standard InChI is InChI=1S/C24H28N4O2S/c1-16-19(18-5-6-20-22(12-18)31-24(30)26(20)2)13-25-14-21(16)27-10-7-17(8-11-27)15-28-9-3-4-23(28)29/h5-6,12-14,17H,3-4,7-11,15H2,1-2H3/i2D3. The van der Waals surface area contributed by atoms with Crippen molar-refractivity contribution in [3.05, 3.63) is 45.8 Å². The molecule has 31 heavy (non-hydrogen) atoms. The number of aromatic nitrogens is 2. The van der Waals surface area contributed by atoms with Crippen LogP contribution < -0.4 is 9.77 Å². The van der Waals surface area contributed by atoms with E-state index in [0.717, 1.165) is 83.7 Å². The summed E-state index contributed by atoms with van der Waals surface area (Å²) in [5.41, 5.74) is 4.54. The number of thiazole rings is 1. The van der Waals surface area contributed by atoms with Gasteiger partial charge in [-0.05, 0) is 55.4 Å². The minimum atomic E-state index is -2.50. The fraction of sp³-hybridized carbons (Fsp3) is 0.458. The maximum atomic E-state index is 12.3. The van der Waals surface area contributed by atoms with Gasteiger partial charge in [0.25, 0.3) is 0 Å². The number of pyridine rings is 1. The lowest BCUT2D eigenvalue weighted by Gasteiger charge is -2.36. The van der Waals surface area contributed by atoms with Crippen molar-refractivity contribution in [1.82, 2.24) is 14.5 Å². The van der Waals surface area contributed by atoms with Crippen LogP contribution in [0.1, 0.15) is 35.4 Å². The zero-order valence-electron chi connectivity index (χ0n) is 20.6. The molecule has 5 rings (SSSR count). The van der Waals surface area contributed by atoms with Crippen molar-refractivity contribution in [3.63, 3.8) is 0 Å². The second-order valence-electron chi connectivity index (χ2n) is 8.59. The van der Waals surface area contributed by atoms with Crippen molar-refractivity contribution < 1.29 is 8.91 Å². The van der Waals surface area contributed by atoms with E-state index in [9.17, 15) is 9.59 Å². The SMILES string of the molecule is [2H]C([2H])([2H])n1c(=O)sc2cc(-c3cncc(N4CCC(CN5CCCC5=O)CC4)c3C)ccc21. The van der Waals surface area contributed by atoms with E-state index in [4.69, 9.17) is 4.11 Å². The average Bonchev–Trinajstić information content (AvgIpc) is 3.35. The number of anilines is 1. The summed E-state index contributed by atoms with van der Waals surface area (Å²) in [7, 11) is 0. The van der Waals surface area contributed by atoms with Gasteiger partial charge in [0.1, 0.15) is 0 Å². The normalized spacial score (nSPS) is 19.6. The van der Waals surface area contributed by atoms with Crippen molar-refractivity contribution in [2.45, 2.75) is 32.6 Å². The molecule has 0 aliphatic carbocycles. The van der Waals surface area contributed by atoms with E-state index in [-0.39, 0.29) is 0 Å². The molecule has 0 N–H and O–H groups in total. The zero-order valence-corrected chi connectivity index (χ0v) is 18.5. The second kappa shape index (κ2) is 8.11. The lowest BCUT2D eigenvalue weighted by Crippen LogP contribution is -2.39. The molecule has 2 fully saturated rings. The highest BCUT2D eigenvalue weighted by Gasteiger charge is 2.27. The molecule has 1 amide bonds. The molecule has 1 aromatic carbocycles. The molecule has 0 atom stereocenters. The lowest BCUT2D eigenvalue weighted by molar-refractivity contribution is -0.128. The monoisotopic (exact) mass is 439 g/mol. The summed E-state index contributed by atoms with van der Waals surface area (Å²) in [6.07, 6.45) is 7.52. The van der Waals surface area contributed by atoms with Crippen molar-refractivity contribution >= 4 is 33.1 Å². The van der Waals surface area contributed by atoms with Gasteiger partial charge in [0, 0.05) is 55.4 Å². The minimum absolute atomic E-state index is 0.298. The Morgan fingerprint density at radius 2 is 2.03 bits per heavy atom. The number of amides is 1. The predicted molar refractivity (Wildman–Crippen MR) is 126 cm³/mol. The van der Waals surface area contributed by atoms with E-state index in [1.54, 1.807) is 6.07 Å². The third-order valence-corrected chi connectivity index (χ3v) is 7.59. The van der Waals surface area contributed by atoms with Crippen LogP contribution in [0.5, 0.6) is 0 Å². The largest absolute Gasteiger partial charge is 0.370 e. The highest BCUT2D eigenvalue weighted by molar-refractivity contribution is 7.16. The molecular formula is C24H28N4O2S. The Bertz CT molecular complexity index is 1290. The van der Waals surface area contributed by atoms with Crippen LogP contribution in [0.4, 0.5) is 5.69 Å². The third kappa shape index (κ3) is 3.76. The van der Waals surface area contributed by atoms with Gasteiger partial charge in [0.15, 0.2) is 0 Å². The predicted octanol–water partition coefficient (Wildman–Crippen LogP) is 3.81. The molecule has 7 heteroatoms. The summed E-state index contributed by atoms with van der Waals surface area (Å²) in [6, 6.07) is 5.47. The lowest BCUT2D eigenvalue weighted by atomic mass is 9.94. The summed E-state index contributed by atoms with van der Waals surface area (Å²) < 4.78 is 24.5. The van der Waals surface area contributed by atoms with Gasteiger partial charge in [-0.3, -0.25) is 14.6 Å². The Labute approximate surface area is 190 Å². The van der Waals surface area contributed by atoms with Crippen molar-refractivity contribution in [2.24, 2.45) is 12.9 Å². The molecule has 2 aromatic heterocycles. The highest BCUT2D eigenvalue weighted by Crippen LogP contribution is 2.34. The van der Waals surface area contributed by atoms with Gasteiger partial charge in [0.05, 0.1) is 22.1 Å². The van der Waals surface area contributed by atoms with Gasteiger partial charge in [-0.15, -0.1) is 0 Å². The first-order valence-electron chi connectivity index (χ1n) is 12.4. The van der Waals surface area contributed by atoms with Crippen LogP contribution in [0.3, 0.4) is 0 Å². The zero-order chi connectivity index (χ0) is 24.0. The number of hydrogen-bond donors (Lipinski definition) is 0. The number of hydrogen-bond acceptors (Lipinski definition) is 5. The Kier molecular flexibility index (Phi) is 4.44. The summed E-state index contributed by atoms with van der Waals surface area (Å²) in [6.45, 7) is 3.23. The van der Waals surface area contributed by atoms with Crippen molar-refractivity contribution in [1.29, 1.82) is 0 Å². The van der Waals surface area contributed by atoms with Crippen LogP contribution in [0.15, 0.2) is 35.4 Å². The van der Waals surface area contributed by atoms with Crippen molar-refractivity contribution in [2.75, 3.05) is 31.1 Å². The third-order valence-electron chi connectivity index (χ3n) is 6.69. The van der Waals surface area contributed by atoms with Crippen molar-refractivity contribution in [3.8, 4) is 11.1 Å². The van der Waals surface area contributed by atoms with Gasteiger partial charge in [-0.25, -0.2) is 0 Å². The summed E-state index contributed by atoms with van der Waals surface area (Å²) >= 11 is 0.954. The van der Waals surface area contributed by atoms with Gasteiger partial charge in [-0.1, -0.05) is 17.4 Å². The fourth-order valence-electron chi connectivity index (χ4n) is 4.88. The highest BCUT2D eigenvalue weighted by atomic mass is 32.1. The summed E-state index contributed by atoms with van der Waals surface area (Å²) in [5.74, 6) is 0.841. The van der Waals surface area contributed by atoms with E-state index in [1.807, 2.05) is 29.4 Å². The first-order chi connectivity index (χ1) is 16.2. The molecule has 162 valence electrons. The second-order valence-corrected chi connectivity index (χ2v) is 9.58. The molecule has 2 aliphatic heterocycles. The quantitative estimate of drug-likeness (QED) is 0.620. The Balaban J connectivity index is 1.36. The molecular weight excluding hydrogens is 408 g/mol. The Morgan fingerprint density at radius 1 is 1.19 bits per heavy atom. The van der Waals surface area contributed by atoms with Crippen LogP contribution in [0, 0.1) is 12.8 Å². The summed E-state index contributed by atoms with van der Waals surface area (Å²) in [4.78, 5) is 32.7. The van der Waals surface area contributed by atoms with Crippen LogP contribution in [-0.4, -0.2) is 46.5 Å². The van der Waals surface area contributed by atoms with Gasteiger partial charge in [0.2, 0.25) is 5.91 Å². The maximum absolute atomic E-state index is 12.3. The molecule has 4 heterocycles. The van der Waals surface area contributed by atoms with Gasteiger partial charge >= 0.3 is 4.87 Å². The van der Waals surface area contributed by atoms with E-state index in [0.29, 0.717) is 28.5 Å². The van der Waals surface area contributed by atoms with Gasteiger partial charge < -0.3 is 14.4 Å². The fourth-order valence-corrected chi connectivity index (χ4v) is 5.70. The van der Waals surface area contributed by atoms with Gasteiger partial charge in [-0.2, -0.15) is 0 Å². The van der Waals surface area contributed by atoms with Crippen LogP contribution in [-0.2, 0) is 11.8 Å². The number of carbonyl (C=O) groups is 1. The first kappa shape index (κ1) is 17.0. The molecule has 6 nitrogen and oxygen atoms in total. The topological polar surface area (TPSA) is 58.4 Å². The molecule has 0 bridgehead atoms. The molecule has 2 aliphatic rings. The Hall–Kier alpha value is -2.67. The number of piperidine rings is 1. The molecule has 0 unspecified atom stereocenters. The molecule has 0 spiro atoms. The molecule has 0 saturated carbocycles. The van der Waals surface area contributed by atoms with E-state index in [1.165, 1.54) is 0 Å². The molecule has 2 saturated heterocycles. The number of aryl methyl sites for hydroxylation is 1. The van der Waals surface area contributed by atoms with E-state index in [2.05, 4.69) is 16.8 Å². The summed E-state index contributed by atoms with van der Waals surface area (Å²) in [5, 5.41) is 0. The number of rotatable bonds is 4.